The number of hydrogen-bond acceptors (Lipinski definition) is 4. The Morgan fingerprint density at radius 1 is 0.951 bits per heavy atom. The maximum Gasteiger partial charge on any atom is 0.250 e. The Labute approximate surface area is 243 Å². The number of fused-ring (bicyclic) bond motifs is 1. The first-order valence-electron chi connectivity index (χ1n) is 15.7. The molecule has 3 aliphatic rings. The zero-order chi connectivity index (χ0) is 28.2. The molecule has 0 radical (unpaired) electrons. The molecule has 3 aromatic rings. The number of aromatic nitrogens is 1. The van der Waals surface area contributed by atoms with Gasteiger partial charge in [0, 0.05) is 30.3 Å². The van der Waals surface area contributed by atoms with E-state index in [1.54, 1.807) is 16.8 Å². The molecule has 2 aromatic carbocycles. The number of ketones is 1. The summed E-state index contributed by atoms with van der Waals surface area (Å²) in [6.45, 7) is 0. The van der Waals surface area contributed by atoms with Gasteiger partial charge in [-0.05, 0) is 99.3 Å². The lowest BCUT2D eigenvalue weighted by Crippen LogP contribution is -2.38. The summed E-state index contributed by atoms with van der Waals surface area (Å²) in [6.07, 6.45) is 13.5. The summed E-state index contributed by atoms with van der Waals surface area (Å²) in [5.74, 6) is 1.15. The molecule has 1 aromatic heterocycles. The topological polar surface area (TPSA) is 68.5 Å². The van der Waals surface area contributed by atoms with Crippen molar-refractivity contribution in [3.8, 4) is 5.75 Å². The van der Waals surface area contributed by atoms with E-state index in [0.717, 1.165) is 62.7 Å². The lowest BCUT2D eigenvalue weighted by molar-refractivity contribution is 0.0344. The Balaban J connectivity index is 1.19. The molecule has 2 aliphatic carbocycles. The third-order valence-electron chi connectivity index (χ3n) is 9.94. The van der Waals surface area contributed by atoms with Gasteiger partial charge in [-0.15, -0.1) is 0 Å². The average molecular weight is 554 g/mol. The van der Waals surface area contributed by atoms with Gasteiger partial charge in [0.05, 0.1) is 6.10 Å². The Kier molecular flexibility index (Phi) is 8.43. The molecule has 0 unspecified atom stereocenters. The Morgan fingerprint density at radius 2 is 1.68 bits per heavy atom. The second-order valence-electron chi connectivity index (χ2n) is 12.8. The van der Waals surface area contributed by atoms with Gasteiger partial charge in [-0.3, -0.25) is 9.59 Å². The first-order valence-corrected chi connectivity index (χ1v) is 15.7. The number of Topliss-reactive ketones (excluding diaryl/α,β-unsaturated/α-hetero) is 1. The van der Waals surface area contributed by atoms with Crippen LogP contribution in [0.1, 0.15) is 110 Å². The Morgan fingerprint density at radius 3 is 2.46 bits per heavy atom. The number of pyridine rings is 1. The molecule has 0 bridgehead atoms. The molecule has 0 amide bonds. The van der Waals surface area contributed by atoms with Crippen LogP contribution in [0.4, 0.5) is 0 Å². The highest BCUT2D eigenvalue weighted by Gasteiger charge is 2.43. The molecular formula is C36H43NO4. The van der Waals surface area contributed by atoms with Gasteiger partial charge in [0.1, 0.15) is 11.4 Å². The van der Waals surface area contributed by atoms with Crippen LogP contribution in [0, 0.1) is 5.92 Å². The minimum Gasteiger partial charge on any atom is -0.487 e. The lowest BCUT2D eigenvalue weighted by atomic mass is 9.77. The molecule has 6 rings (SSSR count). The van der Waals surface area contributed by atoms with Gasteiger partial charge in [-0.2, -0.15) is 0 Å². The van der Waals surface area contributed by atoms with E-state index < -0.39 is 6.10 Å². The number of carbonyl (C=O) groups is 1. The number of aliphatic hydroxyl groups excluding tert-OH is 1. The van der Waals surface area contributed by atoms with Crippen molar-refractivity contribution in [1.29, 1.82) is 0 Å². The van der Waals surface area contributed by atoms with E-state index in [1.807, 2.05) is 18.2 Å². The van der Waals surface area contributed by atoms with E-state index in [1.165, 1.54) is 24.5 Å². The summed E-state index contributed by atoms with van der Waals surface area (Å²) in [4.78, 5) is 26.2. The molecule has 41 heavy (non-hydrogen) atoms. The van der Waals surface area contributed by atoms with Crippen molar-refractivity contribution in [2.24, 2.45) is 5.92 Å². The second-order valence-corrected chi connectivity index (χ2v) is 12.8. The van der Waals surface area contributed by atoms with E-state index in [9.17, 15) is 14.7 Å². The first kappa shape index (κ1) is 28.0. The van der Waals surface area contributed by atoms with E-state index in [0.29, 0.717) is 24.3 Å². The number of aliphatic hydroxyl groups is 1. The van der Waals surface area contributed by atoms with Gasteiger partial charge in [0.15, 0.2) is 5.78 Å². The summed E-state index contributed by atoms with van der Waals surface area (Å²) < 4.78 is 8.34. The van der Waals surface area contributed by atoms with Crippen molar-refractivity contribution in [2.75, 3.05) is 0 Å². The quantitative estimate of drug-likeness (QED) is 0.265. The van der Waals surface area contributed by atoms with Gasteiger partial charge >= 0.3 is 0 Å². The lowest BCUT2D eigenvalue weighted by Gasteiger charge is -2.40. The minimum atomic E-state index is -0.602. The summed E-state index contributed by atoms with van der Waals surface area (Å²) in [5, 5.41) is 11.6. The van der Waals surface area contributed by atoms with Crippen molar-refractivity contribution in [3.05, 3.63) is 100.0 Å². The van der Waals surface area contributed by atoms with Crippen molar-refractivity contribution in [1.82, 2.24) is 4.57 Å². The largest absolute Gasteiger partial charge is 0.487 e. The highest BCUT2D eigenvalue weighted by atomic mass is 16.5. The molecule has 3 atom stereocenters. The van der Waals surface area contributed by atoms with Gasteiger partial charge in [0.2, 0.25) is 0 Å². The summed E-state index contributed by atoms with van der Waals surface area (Å²) in [7, 11) is 0. The number of carbonyl (C=O) groups excluding carboxylic acids is 1. The van der Waals surface area contributed by atoms with E-state index in [-0.39, 0.29) is 35.3 Å². The molecule has 1 spiro atoms. The maximum atomic E-state index is 13.6. The number of hydrogen-bond donors (Lipinski definition) is 1. The third kappa shape index (κ3) is 6.35. The van der Waals surface area contributed by atoms with Crippen LogP contribution in [0.25, 0.3) is 0 Å². The fourth-order valence-electron chi connectivity index (χ4n) is 7.69. The number of benzene rings is 2. The van der Waals surface area contributed by atoms with Gasteiger partial charge in [0.25, 0.3) is 5.56 Å². The van der Waals surface area contributed by atoms with Crippen LogP contribution in [-0.4, -0.2) is 27.2 Å². The predicted molar refractivity (Wildman–Crippen MR) is 162 cm³/mol. The smallest absolute Gasteiger partial charge is 0.250 e. The van der Waals surface area contributed by atoms with Gasteiger partial charge in [-0.1, -0.05) is 61.4 Å². The molecule has 2 saturated carbocycles. The molecule has 2 heterocycles. The number of rotatable bonds is 10. The molecule has 0 saturated heterocycles. The zero-order valence-electron chi connectivity index (χ0n) is 24.0. The predicted octanol–water partition coefficient (Wildman–Crippen LogP) is 7.42. The van der Waals surface area contributed by atoms with E-state index >= 15 is 0 Å². The molecular weight excluding hydrogens is 510 g/mol. The van der Waals surface area contributed by atoms with Crippen molar-refractivity contribution in [2.45, 2.75) is 107 Å². The molecule has 1 N–H and O–H groups in total. The summed E-state index contributed by atoms with van der Waals surface area (Å²) >= 11 is 0. The monoisotopic (exact) mass is 553 g/mol. The van der Waals surface area contributed by atoms with Crippen LogP contribution < -0.4 is 10.3 Å². The number of para-hydroxylation sites is 1. The molecule has 216 valence electrons. The van der Waals surface area contributed by atoms with Crippen molar-refractivity contribution >= 4 is 5.78 Å². The van der Waals surface area contributed by atoms with Crippen molar-refractivity contribution in [3.63, 3.8) is 0 Å². The normalized spacial score (nSPS) is 21.3. The average Bonchev–Trinajstić information content (AvgIpc) is 3.69. The highest BCUT2D eigenvalue weighted by molar-refractivity contribution is 5.96. The van der Waals surface area contributed by atoms with E-state index in [2.05, 4.69) is 36.4 Å². The third-order valence-corrected chi connectivity index (χ3v) is 9.94. The van der Waals surface area contributed by atoms with Crippen LogP contribution in [0.15, 0.2) is 77.7 Å². The number of nitrogens with zero attached hydrogens (tertiary/aromatic N) is 1. The first-order chi connectivity index (χ1) is 20.0. The minimum absolute atomic E-state index is 0.00181. The van der Waals surface area contributed by atoms with Crippen LogP contribution in [-0.2, 0) is 6.42 Å². The molecule has 5 nitrogen and oxygen atoms in total. The zero-order valence-corrected chi connectivity index (χ0v) is 24.0. The van der Waals surface area contributed by atoms with Crippen LogP contribution in [0.3, 0.4) is 0 Å². The Bertz CT molecular complexity index is 1380. The molecule has 2 fully saturated rings. The highest BCUT2D eigenvalue weighted by Crippen LogP contribution is 2.49. The fraction of sp³-hybridized carbons (Fsp3) is 0.500. The van der Waals surface area contributed by atoms with Crippen LogP contribution in [0.2, 0.25) is 0 Å². The van der Waals surface area contributed by atoms with E-state index in [4.69, 9.17) is 4.74 Å². The Hall–Kier alpha value is -3.18. The number of ether oxygens (including phenoxy) is 1. The standard InChI is InChI=1S/C36H43NO4/c38-32(18-16-27-24-36(20-8-9-21-36)41-34-15-7-6-14-31(27)34)29(22-26-10-2-1-3-11-26)23-33(39)28-17-19-35(40)37(25-28)30-12-4-5-13-30/h1-3,6-7,10-11,14-15,17,19,25,27,29-30,32,38H,4-5,8-9,12-13,16,18,20-24H2/t27-,29+,32+/m0/s1. The van der Waals surface area contributed by atoms with Crippen LogP contribution >= 0.6 is 0 Å². The second kappa shape index (κ2) is 12.4. The van der Waals surface area contributed by atoms with Gasteiger partial charge < -0.3 is 14.4 Å². The molecule has 5 heteroatoms. The maximum absolute atomic E-state index is 13.6. The SMILES string of the molecule is O=C(C[C@@H](Cc1ccccc1)[C@H](O)CC[C@H]1CC2(CCCC2)Oc2ccccc21)c1ccc(=O)n(C2CCCC2)c1. The van der Waals surface area contributed by atoms with Gasteiger partial charge in [-0.25, -0.2) is 0 Å². The summed E-state index contributed by atoms with van der Waals surface area (Å²) in [5.41, 5.74) is 2.85. The van der Waals surface area contributed by atoms with Crippen LogP contribution in [0.5, 0.6) is 5.75 Å². The summed E-state index contributed by atoms with van der Waals surface area (Å²) in [6, 6.07) is 22.0. The fourth-order valence-corrected chi connectivity index (χ4v) is 7.69. The molecule has 1 aliphatic heterocycles. The van der Waals surface area contributed by atoms with Crippen molar-refractivity contribution < 1.29 is 14.6 Å².